The van der Waals surface area contributed by atoms with Crippen LogP contribution < -0.4 is 10.1 Å². The smallest absolute Gasteiger partial charge is 0.259 e. The van der Waals surface area contributed by atoms with Crippen molar-refractivity contribution in [3.8, 4) is 17.1 Å². The first-order chi connectivity index (χ1) is 14.5. The maximum Gasteiger partial charge on any atom is 0.259 e. The van der Waals surface area contributed by atoms with E-state index in [4.69, 9.17) is 9.15 Å². The van der Waals surface area contributed by atoms with Gasteiger partial charge in [0.1, 0.15) is 5.75 Å². The number of hydrogen-bond acceptors (Lipinski definition) is 5. The Labute approximate surface area is 175 Å². The molecule has 0 aliphatic rings. The van der Waals surface area contributed by atoms with Gasteiger partial charge in [-0.3, -0.25) is 9.59 Å². The van der Waals surface area contributed by atoms with Gasteiger partial charge in [-0.2, -0.15) is 0 Å². The molecule has 0 bridgehead atoms. The molecule has 0 saturated carbocycles. The highest BCUT2D eigenvalue weighted by atomic mass is 16.5. The molecule has 3 rings (SSSR count). The third-order valence-electron chi connectivity index (χ3n) is 4.41. The quantitative estimate of drug-likeness (QED) is 0.584. The highest BCUT2D eigenvalue weighted by Crippen LogP contribution is 2.21. The Balaban J connectivity index is 1.40. The second-order valence-electron chi connectivity index (χ2n) is 6.99. The molecule has 1 aromatic heterocycles. The number of rotatable bonds is 9. The maximum atomic E-state index is 12.2. The Bertz CT molecular complexity index is 966. The van der Waals surface area contributed by atoms with E-state index in [1.54, 1.807) is 44.6 Å². The Kier molecular flexibility index (Phi) is 7.21. The number of likely N-dealkylation sites (N-methyl/N-ethyl adjacent to an activating group) is 1. The van der Waals surface area contributed by atoms with E-state index in [9.17, 15) is 9.59 Å². The molecule has 2 aromatic carbocycles. The average molecular weight is 407 g/mol. The largest absolute Gasteiger partial charge is 0.484 e. The summed E-state index contributed by atoms with van der Waals surface area (Å²) in [6.07, 6.45) is 3.29. The van der Waals surface area contributed by atoms with Crippen LogP contribution in [0.15, 0.2) is 65.2 Å². The molecule has 1 N–H and O–H groups in total. The monoisotopic (exact) mass is 407 g/mol. The molecule has 3 aromatic rings. The van der Waals surface area contributed by atoms with E-state index in [-0.39, 0.29) is 18.4 Å². The predicted molar refractivity (Wildman–Crippen MR) is 114 cm³/mol. The minimum absolute atomic E-state index is 0.0223. The highest BCUT2D eigenvalue weighted by molar-refractivity contribution is 5.90. The standard InChI is InChI=1S/C23H25N3O4/c1-26(2)23(28)16-29-19-13-11-18(12-14-19)25-21(27)9-6-10-22-24-15-20(30-22)17-7-4-3-5-8-17/h3-5,7-8,11-15H,6,9-10,16H2,1-2H3,(H,25,27). The summed E-state index contributed by atoms with van der Waals surface area (Å²) in [5.41, 5.74) is 1.65. The third-order valence-corrected chi connectivity index (χ3v) is 4.41. The zero-order chi connectivity index (χ0) is 21.3. The topological polar surface area (TPSA) is 84.7 Å². The maximum absolute atomic E-state index is 12.2. The fraction of sp³-hybridized carbons (Fsp3) is 0.261. The number of nitrogens with one attached hydrogen (secondary N) is 1. The number of aryl methyl sites for hydroxylation is 1. The van der Waals surface area contributed by atoms with Gasteiger partial charge in [0.05, 0.1) is 6.20 Å². The second-order valence-corrected chi connectivity index (χ2v) is 6.99. The van der Waals surface area contributed by atoms with Crippen molar-refractivity contribution in [1.82, 2.24) is 9.88 Å². The van der Waals surface area contributed by atoms with E-state index in [2.05, 4.69) is 10.3 Å². The van der Waals surface area contributed by atoms with Crippen molar-refractivity contribution >= 4 is 17.5 Å². The fourth-order valence-corrected chi connectivity index (χ4v) is 2.69. The summed E-state index contributed by atoms with van der Waals surface area (Å²) >= 11 is 0. The number of carbonyl (C=O) groups is 2. The molecule has 0 spiro atoms. The van der Waals surface area contributed by atoms with E-state index in [1.165, 1.54) is 4.90 Å². The number of ether oxygens (including phenoxy) is 1. The fourth-order valence-electron chi connectivity index (χ4n) is 2.69. The first-order valence-electron chi connectivity index (χ1n) is 9.74. The lowest BCUT2D eigenvalue weighted by molar-refractivity contribution is -0.130. The van der Waals surface area contributed by atoms with Crippen molar-refractivity contribution in [2.45, 2.75) is 19.3 Å². The summed E-state index contributed by atoms with van der Waals surface area (Å²) in [6, 6.07) is 16.7. The molecule has 0 aliphatic carbocycles. The van der Waals surface area contributed by atoms with Gasteiger partial charge in [0.25, 0.3) is 5.91 Å². The van der Waals surface area contributed by atoms with Crippen LogP contribution in [-0.4, -0.2) is 42.4 Å². The van der Waals surface area contributed by atoms with E-state index in [1.807, 2.05) is 30.3 Å². The van der Waals surface area contributed by atoms with E-state index >= 15 is 0 Å². The molecule has 7 nitrogen and oxygen atoms in total. The molecule has 0 aliphatic heterocycles. The molecule has 0 fully saturated rings. The second kappa shape index (κ2) is 10.2. The average Bonchev–Trinajstić information content (AvgIpc) is 3.22. The molecule has 0 atom stereocenters. The molecule has 0 radical (unpaired) electrons. The van der Waals surface area contributed by atoms with Crippen molar-refractivity contribution in [2.75, 3.05) is 26.0 Å². The van der Waals surface area contributed by atoms with Crippen molar-refractivity contribution < 1.29 is 18.7 Å². The molecule has 0 unspecified atom stereocenters. The summed E-state index contributed by atoms with van der Waals surface area (Å²) < 4.78 is 11.2. The Morgan fingerprint density at radius 3 is 2.50 bits per heavy atom. The van der Waals surface area contributed by atoms with Crippen molar-refractivity contribution in [3.05, 3.63) is 66.7 Å². The summed E-state index contributed by atoms with van der Waals surface area (Å²) in [7, 11) is 3.35. The van der Waals surface area contributed by atoms with Crippen LogP contribution in [0.2, 0.25) is 0 Å². The molecule has 0 saturated heterocycles. The van der Waals surface area contributed by atoms with Crippen LogP contribution in [0.25, 0.3) is 11.3 Å². The number of nitrogens with zero attached hydrogens (tertiary/aromatic N) is 2. The van der Waals surface area contributed by atoms with Gasteiger partial charge >= 0.3 is 0 Å². The lowest BCUT2D eigenvalue weighted by Gasteiger charge is -2.11. The minimum atomic E-state index is -0.116. The number of benzene rings is 2. The molecule has 7 heteroatoms. The van der Waals surface area contributed by atoms with Gasteiger partial charge in [0.2, 0.25) is 5.91 Å². The number of oxazole rings is 1. The first kappa shape index (κ1) is 21.1. The summed E-state index contributed by atoms with van der Waals surface area (Å²) in [5, 5.41) is 2.85. The molecular weight excluding hydrogens is 382 g/mol. The van der Waals surface area contributed by atoms with Crippen LogP contribution in [0.5, 0.6) is 5.75 Å². The lowest BCUT2D eigenvalue weighted by atomic mass is 10.2. The predicted octanol–water partition coefficient (Wildman–Crippen LogP) is 3.77. The Morgan fingerprint density at radius 1 is 1.07 bits per heavy atom. The Morgan fingerprint density at radius 2 is 1.80 bits per heavy atom. The van der Waals surface area contributed by atoms with Gasteiger partial charge in [0.15, 0.2) is 18.3 Å². The van der Waals surface area contributed by atoms with Crippen molar-refractivity contribution in [3.63, 3.8) is 0 Å². The number of amides is 2. The van der Waals surface area contributed by atoms with Crippen LogP contribution in [0.4, 0.5) is 5.69 Å². The van der Waals surface area contributed by atoms with Gasteiger partial charge < -0.3 is 19.4 Å². The van der Waals surface area contributed by atoms with E-state index < -0.39 is 0 Å². The van der Waals surface area contributed by atoms with Gasteiger partial charge in [-0.15, -0.1) is 0 Å². The van der Waals surface area contributed by atoms with Crippen molar-refractivity contribution in [1.29, 1.82) is 0 Å². The SMILES string of the molecule is CN(C)C(=O)COc1ccc(NC(=O)CCCc2ncc(-c3ccccc3)o2)cc1. The Hall–Kier alpha value is -3.61. The van der Waals surface area contributed by atoms with Gasteiger partial charge in [-0.25, -0.2) is 4.98 Å². The number of hydrogen-bond donors (Lipinski definition) is 1. The molecular formula is C23H25N3O4. The zero-order valence-electron chi connectivity index (χ0n) is 17.1. The number of carbonyl (C=O) groups excluding carboxylic acids is 2. The van der Waals surface area contributed by atoms with Gasteiger partial charge in [-0.05, 0) is 30.7 Å². The number of aromatic nitrogens is 1. The normalized spacial score (nSPS) is 10.5. The van der Waals surface area contributed by atoms with E-state index in [0.717, 1.165) is 11.3 Å². The number of anilines is 1. The third kappa shape index (κ3) is 6.20. The molecule has 156 valence electrons. The first-order valence-corrected chi connectivity index (χ1v) is 9.74. The van der Waals surface area contributed by atoms with Crippen LogP contribution in [0.1, 0.15) is 18.7 Å². The van der Waals surface area contributed by atoms with Gasteiger partial charge in [0, 0.05) is 38.2 Å². The minimum Gasteiger partial charge on any atom is -0.484 e. The van der Waals surface area contributed by atoms with Crippen molar-refractivity contribution in [2.24, 2.45) is 0 Å². The highest BCUT2D eigenvalue weighted by Gasteiger charge is 2.09. The van der Waals surface area contributed by atoms with Gasteiger partial charge in [-0.1, -0.05) is 30.3 Å². The molecule has 1 heterocycles. The van der Waals surface area contributed by atoms with E-state index in [0.29, 0.717) is 36.6 Å². The van der Waals surface area contributed by atoms with Crippen LogP contribution in [0.3, 0.4) is 0 Å². The lowest BCUT2D eigenvalue weighted by Crippen LogP contribution is -2.27. The summed E-state index contributed by atoms with van der Waals surface area (Å²) in [5.74, 6) is 1.72. The summed E-state index contributed by atoms with van der Waals surface area (Å²) in [4.78, 5) is 29.5. The summed E-state index contributed by atoms with van der Waals surface area (Å²) in [6.45, 7) is -0.0223. The molecule has 30 heavy (non-hydrogen) atoms. The van der Waals surface area contributed by atoms with Crippen LogP contribution in [0, 0.1) is 0 Å². The van der Waals surface area contributed by atoms with Crippen LogP contribution >= 0.6 is 0 Å². The van der Waals surface area contributed by atoms with Crippen LogP contribution in [-0.2, 0) is 16.0 Å². The molecule has 2 amide bonds. The zero-order valence-corrected chi connectivity index (χ0v) is 17.1.